The SMILES string of the molecule is CC(Cn1ccnc1)NS(=O)(=O)N1CCNCC1. The molecule has 1 fully saturated rings. The highest BCUT2D eigenvalue weighted by Gasteiger charge is 2.25. The molecule has 1 aliphatic heterocycles. The number of rotatable bonds is 5. The van der Waals surface area contributed by atoms with Crippen LogP contribution in [0.5, 0.6) is 0 Å². The van der Waals surface area contributed by atoms with E-state index in [1.54, 1.807) is 12.5 Å². The topological polar surface area (TPSA) is 79.3 Å². The molecule has 1 saturated heterocycles. The van der Waals surface area contributed by atoms with E-state index in [2.05, 4.69) is 15.0 Å². The van der Waals surface area contributed by atoms with Gasteiger partial charge in [0.2, 0.25) is 0 Å². The minimum Gasteiger partial charge on any atom is -0.336 e. The molecule has 18 heavy (non-hydrogen) atoms. The Hall–Kier alpha value is -0.960. The summed E-state index contributed by atoms with van der Waals surface area (Å²) in [7, 11) is -3.38. The van der Waals surface area contributed by atoms with Gasteiger partial charge in [-0.2, -0.15) is 17.4 Å². The molecule has 0 aliphatic carbocycles. The number of aromatic nitrogens is 2. The number of piperazine rings is 1. The van der Waals surface area contributed by atoms with E-state index in [4.69, 9.17) is 0 Å². The molecule has 1 aromatic rings. The van der Waals surface area contributed by atoms with E-state index < -0.39 is 10.2 Å². The van der Waals surface area contributed by atoms with Crippen molar-refractivity contribution >= 4 is 10.2 Å². The van der Waals surface area contributed by atoms with Crippen LogP contribution in [-0.4, -0.2) is 54.5 Å². The van der Waals surface area contributed by atoms with Crippen LogP contribution in [0.4, 0.5) is 0 Å². The van der Waals surface area contributed by atoms with Crippen molar-refractivity contribution in [1.29, 1.82) is 0 Å². The van der Waals surface area contributed by atoms with E-state index in [1.165, 1.54) is 4.31 Å². The van der Waals surface area contributed by atoms with Crippen molar-refractivity contribution in [1.82, 2.24) is 23.9 Å². The molecular weight excluding hydrogens is 254 g/mol. The first kappa shape index (κ1) is 13.5. The molecule has 1 unspecified atom stereocenters. The van der Waals surface area contributed by atoms with Crippen LogP contribution in [-0.2, 0) is 16.8 Å². The summed E-state index contributed by atoms with van der Waals surface area (Å²) in [5.74, 6) is 0. The van der Waals surface area contributed by atoms with Gasteiger partial charge >= 0.3 is 0 Å². The van der Waals surface area contributed by atoms with Gasteiger partial charge in [-0.1, -0.05) is 0 Å². The van der Waals surface area contributed by atoms with Gasteiger partial charge in [0.15, 0.2) is 0 Å². The van der Waals surface area contributed by atoms with Crippen LogP contribution >= 0.6 is 0 Å². The molecule has 7 nitrogen and oxygen atoms in total. The van der Waals surface area contributed by atoms with Crippen LogP contribution in [0.2, 0.25) is 0 Å². The minimum absolute atomic E-state index is 0.168. The number of imidazole rings is 1. The second-order valence-electron chi connectivity index (χ2n) is 4.43. The van der Waals surface area contributed by atoms with Gasteiger partial charge in [-0.25, -0.2) is 4.98 Å². The Morgan fingerprint density at radius 1 is 1.44 bits per heavy atom. The Balaban J connectivity index is 1.90. The molecule has 0 spiro atoms. The maximum atomic E-state index is 12.1. The van der Waals surface area contributed by atoms with Crippen molar-refractivity contribution < 1.29 is 8.42 Å². The first-order valence-corrected chi connectivity index (χ1v) is 7.46. The number of hydrogen-bond acceptors (Lipinski definition) is 4. The van der Waals surface area contributed by atoms with E-state index in [0.29, 0.717) is 32.7 Å². The lowest BCUT2D eigenvalue weighted by Crippen LogP contribution is -2.52. The highest BCUT2D eigenvalue weighted by Crippen LogP contribution is 2.02. The third-order valence-electron chi connectivity index (χ3n) is 2.81. The van der Waals surface area contributed by atoms with Crippen LogP contribution in [0.3, 0.4) is 0 Å². The molecule has 0 aromatic carbocycles. The van der Waals surface area contributed by atoms with Crippen molar-refractivity contribution in [3.63, 3.8) is 0 Å². The first-order valence-electron chi connectivity index (χ1n) is 6.02. The molecule has 2 heterocycles. The van der Waals surface area contributed by atoms with Crippen LogP contribution in [0.25, 0.3) is 0 Å². The Labute approximate surface area is 107 Å². The molecule has 2 N–H and O–H groups in total. The molecular formula is C10H19N5O2S. The fraction of sp³-hybridized carbons (Fsp3) is 0.700. The summed E-state index contributed by atoms with van der Waals surface area (Å²) in [5.41, 5.74) is 0. The third kappa shape index (κ3) is 3.52. The largest absolute Gasteiger partial charge is 0.336 e. The van der Waals surface area contributed by atoms with Crippen molar-refractivity contribution in [3.8, 4) is 0 Å². The summed E-state index contributed by atoms with van der Waals surface area (Å²) in [6.45, 7) is 4.87. The summed E-state index contributed by atoms with van der Waals surface area (Å²) >= 11 is 0. The van der Waals surface area contributed by atoms with Gasteiger partial charge in [0.25, 0.3) is 10.2 Å². The molecule has 102 valence electrons. The van der Waals surface area contributed by atoms with Crippen LogP contribution in [0, 0.1) is 0 Å². The zero-order valence-corrected chi connectivity index (χ0v) is 11.2. The average Bonchev–Trinajstić information content (AvgIpc) is 2.82. The lowest BCUT2D eigenvalue weighted by molar-refractivity contribution is 0.350. The third-order valence-corrected chi connectivity index (χ3v) is 4.56. The van der Waals surface area contributed by atoms with Crippen LogP contribution in [0.15, 0.2) is 18.7 Å². The molecule has 0 radical (unpaired) electrons. The average molecular weight is 273 g/mol. The second kappa shape index (κ2) is 5.79. The van der Waals surface area contributed by atoms with Gasteiger partial charge in [0.05, 0.1) is 6.33 Å². The van der Waals surface area contributed by atoms with Gasteiger partial charge in [0, 0.05) is 51.2 Å². The highest BCUT2D eigenvalue weighted by molar-refractivity contribution is 7.87. The molecule has 8 heteroatoms. The minimum atomic E-state index is -3.38. The second-order valence-corrected chi connectivity index (χ2v) is 6.13. The summed E-state index contributed by atoms with van der Waals surface area (Å²) in [5, 5.41) is 3.13. The smallest absolute Gasteiger partial charge is 0.279 e. The Bertz CT molecular complexity index is 453. The molecule has 0 bridgehead atoms. The number of nitrogens with zero attached hydrogens (tertiary/aromatic N) is 3. The monoisotopic (exact) mass is 273 g/mol. The predicted octanol–water partition coefficient (Wildman–Crippen LogP) is -0.989. The van der Waals surface area contributed by atoms with Gasteiger partial charge in [-0.05, 0) is 6.92 Å². The van der Waals surface area contributed by atoms with E-state index >= 15 is 0 Å². The van der Waals surface area contributed by atoms with Crippen molar-refractivity contribution in [2.75, 3.05) is 26.2 Å². The van der Waals surface area contributed by atoms with Crippen LogP contribution in [0.1, 0.15) is 6.92 Å². The maximum Gasteiger partial charge on any atom is 0.279 e. The van der Waals surface area contributed by atoms with E-state index in [0.717, 1.165) is 0 Å². The Morgan fingerprint density at radius 2 is 2.17 bits per heavy atom. The molecule has 1 atom stereocenters. The molecule has 0 amide bonds. The van der Waals surface area contributed by atoms with Gasteiger partial charge in [0.1, 0.15) is 0 Å². The fourth-order valence-corrected chi connectivity index (χ4v) is 3.36. The summed E-state index contributed by atoms with van der Waals surface area (Å²) in [6.07, 6.45) is 5.17. The highest BCUT2D eigenvalue weighted by atomic mass is 32.2. The number of hydrogen-bond donors (Lipinski definition) is 2. The number of nitrogens with one attached hydrogen (secondary N) is 2. The van der Waals surface area contributed by atoms with Crippen molar-refractivity contribution in [2.24, 2.45) is 0 Å². The standard InChI is InChI=1S/C10H19N5O2S/c1-10(8-14-5-2-12-9-14)13-18(16,17)15-6-3-11-4-7-15/h2,5,9-11,13H,3-4,6-8H2,1H3. The van der Waals surface area contributed by atoms with Crippen molar-refractivity contribution in [3.05, 3.63) is 18.7 Å². The first-order chi connectivity index (χ1) is 8.58. The normalized spacial score (nSPS) is 19.8. The van der Waals surface area contributed by atoms with Gasteiger partial charge < -0.3 is 9.88 Å². The molecule has 0 saturated carbocycles. The van der Waals surface area contributed by atoms with Crippen LogP contribution < -0.4 is 10.0 Å². The van der Waals surface area contributed by atoms with E-state index in [1.807, 2.05) is 17.7 Å². The van der Waals surface area contributed by atoms with E-state index in [9.17, 15) is 8.42 Å². The maximum absolute atomic E-state index is 12.1. The lowest BCUT2D eigenvalue weighted by atomic mass is 10.4. The van der Waals surface area contributed by atoms with Gasteiger partial charge in [-0.3, -0.25) is 0 Å². The van der Waals surface area contributed by atoms with Crippen molar-refractivity contribution in [2.45, 2.75) is 19.5 Å². The summed E-state index contributed by atoms with van der Waals surface area (Å²) in [4.78, 5) is 3.93. The summed E-state index contributed by atoms with van der Waals surface area (Å²) in [6, 6.07) is -0.168. The predicted molar refractivity (Wildman–Crippen MR) is 68.2 cm³/mol. The molecule has 1 aliphatic rings. The lowest BCUT2D eigenvalue weighted by Gasteiger charge is -2.28. The Kier molecular flexibility index (Phi) is 4.33. The molecule has 2 rings (SSSR count). The molecule has 1 aromatic heterocycles. The Morgan fingerprint density at radius 3 is 2.78 bits per heavy atom. The zero-order chi connectivity index (χ0) is 13.0. The van der Waals surface area contributed by atoms with E-state index in [-0.39, 0.29) is 6.04 Å². The zero-order valence-electron chi connectivity index (χ0n) is 10.4. The van der Waals surface area contributed by atoms with Gasteiger partial charge in [-0.15, -0.1) is 0 Å². The fourth-order valence-electron chi connectivity index (χ4n) is 1.96. The summed E-state index contributed by atoms with van der Waals surface area (Å²) < 4.78 is 30.2. The quantitative estimate of drug-likeness (QED) is 0.722.